The molecule has 0 bridgehead atoms. The molecule has 0 atom stereocenters. The Hall–Kier alpha value is -1.23. The van der Waals surface area contributed by atoms with Crippen LogP contribution in [-0.2, 0) is 4.79 Å². The van der Waals surface area contributed by atoms with Crippen molar-refractivity contribution in [3.8, 4) is 5.75 Å². The summed E-state index contributed by atoms with van der Waals surface area (Å²) in [5.41, 5.74) is 1.30. The van der Waals surface area contributed by atoms with Gasteiger partial charge in [0.15, 0.2) is 0 Å². The molecule has 4 nitrogen and oxygen atoms in total. The van der Waals surface area contributed by atoms with Gasteiger partial charge in [-0.1, -0.05) is 35.4 Å². The van der Waals surface area contributed by atoms with Crippen LogP contribution in [0.2, 0.25) is 5.02 Å². The molecule has 6 heteroatoms. The first kappa shape index (κ1) is 18.8. The summed E-state index contributed by atoms with van der Waals surface area (Å²) in [5.74, 6) is 0.733. The van der Waals surface area contributed by atoms with E-state index in [2.05, 4.69) is 16.7 Å². The first-order valence-corrected chi connectivity index (χ1v) is 7.66. The van der Waals surface area contributed by atoms with Crippen LogP contribution in [0, 0.1) is 0 Å². The number of benzene rings is 1. The van der Waals surface area contributed by atoms with E-state index in [4.69, 9.17) is 16.3 Å². The lowest BCUT2D eigenvalue weighted by atomic mass is 10.1. The van der Waals surface area contributed by atoms with Gasteiger partial charge in [0.25, 0.3) is 0 Å². The molecule has 22 heavy (non-hydrogen) atoms. The van der Waals surface area contributed by atoms with Crippen LogP contribution in [0.5, 0.6) is 5.75 Å². The first-order valence-electron chi connectivity index (χ1n) is 7.28. The van der Waals surface area contributed by atoms with Crippen molar-refractivity contribution in [3.05, 3.63) is 40.9 Å². The van der Waals surface area contributed by atoms with Crippen LogP contribution in [0.3, 0.4) is 0 Å². The molecule has 1 aliphatic rings. The highest BCUT2D eigenvalue weighted by atomic mass is 35.5. The zero-order valence-electron chi connectivity index (χ0n) is 12.4. The number of para-hydroxylation sites is 1. The fourth-order valence-electron chi connectivity index (χ4n) is 2.11. The molecule has 1 heterocycles. The van der Waals surface area contributed by atoms with Crippen LogP contribution in [0.25, 0.3) is 0 Å². The third-order valence-electron chi connectivity index (χ3n) is 3.31. The predicted octanol–water partition coefficient (Wildman–Crippen LogP) is 2.96. The fraction of sp³-hybridized carbons (Fsp3) is 0.438. The number of rotatable bonds is 7. The standard InChI is InChI=1S/C16H21ClN2O2.ClH/c17-14-4-1-2-5-15(14)21-11-3-6-16(20)19-12-13-7-9-18-10-8-13;/h1-2,4-5,7,18H,3,6,8-12H2,(H,19,20);1H. The van der Waals surface area contributed by atoms with E-state index in [1.807, 2.05) is 18.2 Å². The van der Waals surface area contributed by atoms with Crippen LogP contribution in [0.4, 0.5) is 0 Å². The second-order valence-electron chi connectivity index (χ2n) is 4.98. The summed E-state index contributed by atoms with van der Waals surface area (Å²) in [4.78, 5) is 11.7. The molecule has 1 aliphatic heterocycles. The molecule has 1 aromatic carbocycles. The van der Waals surface area contributed by atoms with Crippen LogP contribution in [0.1, 0.15) is 19.3 Å². The monoisotopic (exact) mass is 344 g/mol. The second-order valence-corrected chi connectivity index (χ2v) is 5.38. The van der Waals surface area contributed by atoms with Crippen molar-refractivity contribution >= 4 is 29.9 Å². The average molecular weight is 345 g/mol. The van der Waals surface area contributed by atoms with Gasteiger partial charge in [0.05, 0.1) is 11.6 Å². The third-order valence-corrected chi connectivity index (χ3v) is 3.63. The summed E-state index contributed by atoms with van der Waals surface area (Å²) in [6.45, 7) is 3.04. The molecule has 1 aromatic rings. The molecule has 0 aromatic heterocycles. The maximum Gasteiger partial charge on any atom is 0.220 e. The summed E-state index contributed by atoms with van der Waals surface area (Å²) < 4.78 is 5.55. The number of halogens is 2. The Morgan fingerprint density at radius 1 is 1.36 bits per heavy atom. The number of carbonyl (C=O) groups excluding carboxylic acids is 1. The molecular formula is C16H22Cl2N2O2. The smallest absolute Gasteiger partial charge is 0.220 e. The van der Waals surface area contributed by atoms with E-state index in [0.717, 1.165) is 19.5 Å². The van der Waals surface area contributed by atoms with Gasteiger partial charge < -0.3 is 15.4 Å². The van der Waals surface area contributed by atoms with Crippen LogP contribution in [-0.4, -0.2) is 32.1 Å². The van der Waals surface area contributed by atoms with E-state index in [9.17, 15) is 4.79 Å². The van der Waals surface area contributed by atoms with E-state index in [1.165, 1.54) is 5.57 Å². The Morgan fingerprint density at radius 3 is 2.91 bits per heavy atom. The summed E-state index contributed by atoms with van der Waals surface area (Å²) in [7, 11) is 0. The van der Waals surface area contributed by atoms with Gasteiger partial charge in [0, 0.05) is 19.5 Å². The van der Waals surface area contributed by atoms with E-state index in [1.54, 1.807) is 6.07 Å². The lowest BCUT2D eigenvalue weighted by Gasteiger charge is -2.14. The molecule has 0 aliphatic carbocycles. The SMILES string of the molecule is Cl.O=C(CCCOc1ccccc1Cl)NCC1=CCNCC1. The lowest BCUT2D eigenvalue weighted by Crippen LogP contribution is -2.29. The Labute approximate surface area is 142 Å². The van der Waals surface area contributed by atoms with Crippen LogP contribution < -0.4 is 15.4 Å². The number of hydrogen-bond donors (Lipinski definition) is 2. The molecule has 122 valence electrons. The Kier molecular flexibility index (Phi) is 8.97. The molecule has 0 saturated heterocycles. The number of amides is 1. The van der Waals surface area contributed by atoms with Gasteiger partial charge in [-0.2, -0.15) is 0 Å². The van der Waals surface area contributed by atoms with Gasteiger partial charge in [-0.3, -0.25) is 4.79 Å². The summed E-state index contributed by atoms with van der Waals surface area (Å²) >= 11 is 5.99. The average Bonchev–Trinajstić information content (AvgIpc) is 2.52. The molecule has 0 spiro atoms. The molecule has 2 N–H and O–H groups in total. The van der Waals surface area contributed by atoms with Crippen molar-refractivity contribution < 1.29 is 9.53 Å². The number of ether oxygens (including phenoxy) is 1. The molecule has 0 unspecified atom stereocenters. The van der Waals surface area contributed by atoms with Crippen molar-refractivity contribution in [2.75, 3.05) is 26.2 Å². The fourth-order valence-corrected chi connectivity index (χ4v) is 2.30. The maximum absolute atomic E-state index is 11.7. The van der Waals surface area contributed by atoms with Crippen molar-refractivity contribution in [2.24, 2.45) is 0 Å². The molecular weight excluding hydrogens is 323 g/mol. The Bertz CT molecular complexity index is 507. The quantitative estimate of drug-likeness (QED) is 0.590. The minimum atomic E-state index is 0. The zero-order chi connectivity index (χ0) is 14.9. The lowest BCUT2D eigenvalue weighted by molar-refractivity contribution is -0.121. The van der Waals surface area contributed by atoms with Crippen LogP contribution in [0.15, 0.2) is 35.9 Å². The van der Waals surface area contributed by atoms with E-state index < -0.39 is 0 Å². The van der Waals surface area contributed by atoms with Gasteiger partial charge >= 0.3 is 0 Å². The zero-order valence-corrected chi connectivity index (χ0v) is 14.0. The van der Waals surface area contributed by atoms with Crippen molar-refractivity contribution in [3.63, 3.8) is 0 Å². The summed E-state index contributed by atoms with van der Waals surface area (Å²) in [5, 5.41) is 6.79. The van der Waals surface area contributed by atoms with Crippen molar-refractivity contribution in [1.82, 2.24) is 10.6 Å². The third kappa shape index (κ3) is 6.69. The number of hydrogen-bond acceptors (Lipinski definition) is 3. The van der Waals surface area contributed by atoms with Gasteiger partial charge in [-0.25, -0.2) is 0 Å². The van der Waals surface area contributed by atoms with Gasteiger partial charge in [-0.05, 0) is 31.5 Å². The molecule has 1 amide bonds. The highest BCUT2D eigenvalue weighted by molar-refractivity contribution is 6.32. The molecule has 0 radical (unpaired) electrons. The van der Waals surface area contributed by atoms with Crippen LogP contribution >= 0.6 is 24.0 Å². The Morgan fingerprint density at radius 2 is 2.18 bits per heavy atom. The topological polar surface area (TPSA) is 50.4 Å². The Balaban J connectivity index is 0.00000242. The normalized spacial score (nSPS) is 13.8. The highest BCUT2D eigenvalue weighted by Crippen LogP contribution is 2.23. The minimum absolute atomic E-state index is 0. The minimum Gasteiger partial charge on any atom is -0.492 e. The van der Waals surface area contributed by atoms with Gasteiger partial charge in [0.1, 0.15) is 5.75 Å². The number of carbonyl (C=O) groups is 1. The van der Waals surface area contributed by atoms with Crippen molar-refractivity contribution in [1.29, 1.82) is 0 Å². The maximum atomic E-state index is 11.7. The van der Waals surface area contributed by atoms with E-state index in [-0.39, 0.29) is 18.3 Å². The predicted molar refractivity (Wildman–Crippen MR) is 92.0 cm³/mol. The second kappa shape index (κ2) is 10.5. The van der Waals surface area contributed by atoms with E-state index >= 15 is 0 Å². The van der Waals surface area contributed by atoms with Gasteiger partial charge in [0.2, 0.25) is 5.91 Å². The molecule has 0 saturated carbocycles. The van der Waals surface area contributed by atoms with Gasteiger partial charge in [-0.15, -0.1) is 12.4 Å². The highest BCUT2D eigenvalue weighted by Gasteiger charge is 2.06. The summed E-state index contributed by atoms with van der Waals surface area (Å²) in [6.07, 6.45) is 4.30. The molecule has 0 fully saturated rings. The molecule has 2 rings (SSSR count). The van der Waals surface area contributed by atoms with Crippen molar-refractivity contribution in [2.45, 2.75) is 19.3 Å². The largest absolute Gasteiger partial charge is 0.492 e. The summed E-state index contributed by atoms with van der Waals surface area (Å²) in [6, 6.07) is 7.35. The number of nitrogens with one attached hydrogen (secondary N) is 2. The van der Waals surface area contributed by atoms with E-state index in [0.29, 0.717) is 36.8 Å². The first-order chi connectivity index (χ1) is 10.3.